The first-order valence-electron chi connectivity index (χ1n) is 7.51. The number of carbonyl (C=O) groups excluding carboxylic acids is 2. The monoisotopic (exact) mass is 425 g/mol. The molecule has 0 unspecified atom stereocenters. The summed E-state index contributed by atoms with van der Waals surface area (Å²) in [7, 11) is 0. The van der Waals surface area contributed by atoms with Crippen molar-refractivity contribution in [1.82, 2.24) is 10.2 Å². The SMILES string of the molecule is NC(=O)c1ccsc1NC(=O)CSc1nnc(NCCc2cccs2)s1. The Labute approximate surface area is 166 Å². The molecule has 0 aliphatic rings. The Hall–Kier alpha value is -1.95. The Morgan fingerprint density at radius 2 is 2.08 bits per heavy atom. The molecule has 0 radical (unpaired) electrons. The molecule has 7 nitrogen and oxygen atoms in total. The highest BCUT2D eigenvalue weighted by atomic mass is 32.2. The zero-order valence-corrected chi connectivity index (χ0v) is 16.7. The maximum absolute atomic E-state index is 12.0. The molecule has 0 saturated carbocycles. The number of thiophene rings is 2. The van der Waals surface area contributed by atoms with E-state index in [1.165, 1.54) is 39.3 Å². The number of rotatable bonds is 9. The summed E-state index contributed by atoms with van der Waals surface area (Å²) in [4.78, 5) is 24.6. The third-order valence-corrected chi connectivity index (χ3v) is 6.92. The van der Waals surface area contributed by atoms with E-state index < -0.39 is 5.91 Å². The number of nitrogens with two attached hydrogens (primary N) is 1. The van der Waals surface area contributed by atoms with Crippen molar-refractivity contribution in [1.29, 1.82) is 0 Å². The second kappa shape index (κ2) is 9.12. The molecule has 26 heavy (non-hydrogen) atoms. The third-order valence-electron chi connectivity index (χ3n) is 3.14. The van der Waals surface area contributed by atoms with Crippen LogP contribution in [-0.4, -0.2) is 34.3 Å². The van der Waals surface area contributed by atoms with Gasteiger partial charge in [-0.05, 0) is 29.3 Å². The second-order valence-corrected chi connectivity index (χ2v) is 9.14. The number of primary amides is 1. The smallest absolute Gasteiger partial charge is 0.251 e. The topological polar surface area (TPSA) is 110 Å². The highest BCUT2D eigenvalue weighted by Gasteiger charge is 2.13. The van der Waals surface area contributed by atoms with Gasteiger partial charge in [-0.15, -0.1) is 32.9 Å². The van der Waals surface area contributed by atoms with Gasteiger partial charge in [-0.2, -0.15) is 0 Å². The molecule has 0 spiro atoms. The first-order valence-corrected chi connectivity index (χ1v) is 11.1. The lowest BCUT2D eigenvalue weighted by atomic mass is 10.3. The normalized spacial score (nSPS) is 10.6. The molecule has 0 aliphatic carbocycles. The van der Waals surface area contributed by atoms with Crippen LogP contribution in [0.3, 0.4) is 0 Å². The van der Waals surface area contributed by atoms with Crippen LogP contribution in [0.5, 0.6) is 0 Å². The fourth-order valence-corrected chi connectivity index (χ4v) is 5.07. The van der Waals surface area contributed by atoms with Gasteiger partial charge in [-0.25, -0.2) is 0 Å². The van der Waals surface area contributed by atoms with Crippen LogP contribution in [0.25, 0.3) is 0 Å². The van der Waals surface area contributed by atoms with E-state index in [2.05, 4.69) is 32.3 Å². The van der Waals surface area contributed by atoms with E-state index in [-0.39, 0.29) is 11.7 Å². The van der Waals surface area contributed by atoms with E-state index in [4.69, 9.17) is 5.73 Å². The lowest BCUT2D eigenvalue weighted by Crippen LogP contribution is -2.17. The molecule has 0 fully saturated rings. The van der Waals surface area contributed by atoms with E-state index in [1.54, 1.807) is 22.8 Å². The minimum Gasteiger partial charge on any atom is -0.366 e. The minimum atomic E-state index is -0.559. The van der Waals surface area contributed by atoms with Crippen molar-refractivity contribution in [3.05, 3.63) is 39.4 Å². The Kier molecular flexibility index (Phi) is 6.61. The third kappa shape index (κ3) is 5.27. The van der Waals surface area contributed by atoms with Gasteiger partial charge in [0.15, 0.2) is 4.34 Å². The van der Waals surface area contributed by atoms with Crippen LogP contribution >= 0.6 is 45.8 Å². The van der Waals surface area contributed by atoms with Gasteiger partial charge in [0.1, 0.15) is 5.00 Å². The zero-order valence-electron chi connectivity index (χ0n) is 13.4. The molecule has 136 valence electrons. The molecule has 3 rings (SSSR count). The summed E-state index contributed by atoms with van der Waals surface area (Å²) in [5.74, 6) is -0.598. The van der Waals surface area contributed by atoms with Crippen molar-refractivity contribution in [2.24, 2.45) is 5.73 Å². The molecule has 0 saturated heterocycles. The van der Waals surface area contributed by atoms with Gasteiger partial charge in [-0.3, -0.25) is 9.59 Å². The van der Waals surface area contributed by atoms with Crippen molar-refractivity contribution in [3.8, 4) is 0 Å². The predicted octanol–water partition coefficient (Wildman–Crippen LogP) is 3.15. The van der Waals surface area contributed by atoms with E-state index in [0.717, 1.165) is 18.1 Å². The molecule has 11 heteroatoms. The maximum atomic E-state index is 12.0. The van der Waals surface area contributed by atoms with Gasteiger partial charge >= 0.3 is 0 Å². The average molecular weight is 426 g/mol. The molecular formula is C15H15N5O2S4. The summed E-state index contributed by atoms with van der Waals surface area (Å²) >= 11 is 5.70. The molecule has 2 amide bonds. The summed E-state index contributed by atoms with van der Waals surface area (Å²) in [6, 6.07) is 5.73. The summed E-state index contributed by atoms with van der Waals surface area (Å²) in [5, 5.41) is 19.0. The van der Waals surface area contributed by atoms with E-state index in [0.29, 0.717) is 14.9 Å². The first kappa shape index (κ1) is 18.8. The van der Waals surface area contributed by atoms with Crippen LogP contribution in [0.15, 0.2) is 33.3 Å². The Bertz CT molecular complexity index is 874. The number of nitrogens with zero attached hydrogens (tertiary/aromatic N) is 2. The summed E-state index contributed by atoms with van der Waals surface area (Å²) < 4.78 is 0.708. The largest absolute Gasteiger partial charge is 0.366 e. The molecule has 3 aromatic heterocycles. The fraction of sp³-hybridized carbons (Fsp3) is 0.200. The summed E-state index contributed by atoms with van der Waals surface area (Å²) in [6.45, 7) is 0.786. The molecular weight excluding hydrogens is 410 g/mol. The van der Waals surface area contributed by atoms with E-state index in [1.807, 2.05) is 6.07 Å². The van der Waals surface area contributed by atoms with Crippen molar-refractivity contribution >= 4 is 67.7 Å². The quantitative estimate of drug-likeness (QED) is 0.454. The van der Waals surface area contributed by atoms with Crippen molar-refractivity contribution in [2.75, 3.05) is 22.9 Å². The number of thioether (sulfide) groups is 1. The van der Waals surface area contributed by atoms with Crippen LogP contribution in [0.4, 0.5) is 10.1 Å². The van der Waals surface area contributed by atoms with Gasteiger partial charge in [0.2, 0.25) is 11.0 Å². The summed E-state index contributed by atoms with van der Waals surface area (Å²) in [6.07, 6.45) is 0.936. The number of hydrogen-bond donors (Lipinski definition) is 3. The Morgan fingerprint density at radius 3 is 2.85 bits per heavy atom. The molecule has 3 aromatic rings. The number of hydrogen-bond acceptors (Lipinski definition) is 9. The number of carbonyl (C=O) groups is 2. The van der Waals surface area contributed by atoms with Gasteiger partial charge in [0.25, 0.3) is 5.91 Å². The van der Waals surface area contributed by atoms with Gasteiger partial charge in [0.05, 0.1) is 11.3 Å². The Morgan fingerprint density at radius 1 is 1.19 bits per heavy atom. The van der Waals surface area contributed by atoms with Crippen LogP contribution in [0, 0.1) is 0 Å². The lowest BCUT2D eigenvalue weighted by Gasteiger charge is -2.03. The number of nitrogens with one attached hydrogen (secondary N) is 2. The lowest BCUT2D eigenvalue weighted by molar-refractivity contribution is -0.113. The van der Waals surface area contributed by atoms with Crippen molar-refractivity contribution in [2.45, 2.75) is 10.8 Å². The maximum Gasteiger partial charge on any atom is 0.251 e. The average Bonchev–Trinajstić information content (AvgIpc) is 3.35. The highest BCUT2D eigenvalue weighted by Crippen LogP contribution is 2.27. The standard InChI is InChI=1S/C15H15N5O2S4/c16-12(22)10-4-7-24-13(10)18-11(21)8-25-15-20-19-14(26-15)17-5-3-9-2-1-6-23-9/h1-2,4,6-7H,3,5,8H2,(H2,16,22)(H,17,19)(H,18,21). The molecule has 3 heterocycles. The summed E-state index contributed by atoms with van der Waals surface area (Å²) in [5.41, 5.74) is 5.58. The first-order chi connectivity index (χ1) is 12.6. The molecule has 0 bridgehead atoms. The highest BCUT2D eigenvalue weighted by molar-refractivity contribution is 8.01. The zero-order chi connectivity index (χ0) is 18.4. The molecule has 0 aromatic carbocycles. The van der Waals surface area contributed by atoms with Gasteiger partial charge in [-0.1, -0.05) is 29.2 Å². The number of anilines is 2. The van der Waals surface area contributed by atoms with Crippen LogP contribution in [0.2, 0.25) is 0 Å². The van der Waals surface area contributed by atoms with Crippen molar-refractivity contribution in [3.63, 3.8) is 0 Å². The van der Waals surface area contributed by atoms with Crippen molar-refractivity contribution < 1.29 is 9.59 Å². The van der Waals surface area contributed by atoms with Crippen LogP contribution in [-0.2, 0) is 11.2 Å². The minimum absolute atomic E-state index is 0.180. The van der Waals surface area contributed by atoms with Crippen LogP contribution < -0.4 is 16.4 Å². The second-order valence-electron chi connectivity index (χ2n) is 4.99. The number of aromatic nitrogens is 2. The van der Waals surface area contributed by atoms with Gasteiger partial charge in [0, 0.05) is 11.4 Å². The number of amides is 2. The fourth-order valence-electron chi connectivity index (χ4n) is 1.98. The predicted molar refractivity (Wildman–Crippen MR) is 109 cm³/mol. The van der Waals surface area contributed by atoms with Crippen LogP contribution in [0.1, 0.15) is 15.2 Å². The molecule has 4 N–H and O–H groups in total. The Balaban J connectivity index is 1.43. The van der Waals surface area contributed by atoms with E-state index >= 15 is 0 Å². The molecule has 0 aliphatic heterocycles. The van der Waals surface area contributed by atoms with Gasteiger partial charge < -0.3 is 16.4 Å². The van der Waals surface area contributed by atoms with E-state index in [9.17, 15) is 9.59 Å². The molecule has 0 atom stereocenters.